The third kappa shape index (κ3) is 3.76. The van der Waals surface area contributed by atoms with E-state index in [0.29, 0.717) is 5.91 Å². The maximum absolute atomic E-state index is 13.0. The van der Waals surface area contributed by atoms with E-state index in [1.165, 1.54) is 12.1 Å². The molecule has 0 bridgehead atoms. The predicted molar refractivity (Wildman–Crippen MR) is 101 cm³/mol. The summed E-state index contributed by atoms with van der Waals surface area (Å²) in [5.74, 6) is 1.18. The van der Waals surface area contributed by atoms with Crippen LogP contribution in [0.4, 0.5) is 5.69 Å². The Labute approximate surface area is 151 Å². The lowest BCUT2D eigenvalue weighted by molar-refractivity contribution is -0.139. The molecule has 2 saturated heterocycles. The molecule has 2 aliphatic rings. The van der Waals surface area contributed by atoms with E-state index < -0.39 is 0 Å². The van der Waals surface area contributed by atoms with Crippen molar-refractivity contribution in [3.8, 4) is 5.75 Å². The van der Waals surface area contributed by atoms with Crippen molar-refractivity contribution in [3.63, 3.8) is 0 Å². The molecule has 2 heterocycles. The first-order valence-electron chi connectivity index (χ1n) is 9.33. The topological polar surface area (TPSA) is 36.0 Å². The van der Waals surface area contributed by atoms with Crippen molar-refractivity contribution in [2.45, 2.75) is 44.7 Å². The number of carbonyl (C=O) groups excluding carboxylic acids is 1. The maximum Gasteiger partial charge on any atom is 0.240 e. The number of ether oxygens (including phenoxy) is 1. The number of hydrogen-bond donors (Lipinski definition) is 0. The molecule has 0 N–H and O–H groups in total. The highest BCUT2D eigenvalue weighted by atomic mass is 16.5. The summed E-state index contributed by atoms with van der Waals surface area (Å²) >= 11 is 0. The van der Waals surface area contributed by atoms with Crippen molar-refractivity contribution in [3.05, 3.63) is 24.3 Å². The van der Waals surface area contributed by atoms with Gasteiger partial charge in [0.1, 0.15) is 5.75 Å². The SMILES string of the molecule is COc1ccc(N2CCN(C(=O)C3CCCCN3C)CC2(C)C)cc1. The van der Waals surface area contributed by atoms with Gasteiger partial charge in [-0.1, -0.05) is 6.42 Å². The summed E-state index contributed by atoms with van der Waals surface area (Å²) in [6, 6.07) is 8.27. The zero-order valence-corrected chi connectivity index (χ0v) is 16.0. The van der Waals surface area contributed by atoms with Gasteiger partial charge in [-0.25, -0.2) is 0 Å². The van der Waals surface area contributed by atoms with Crippen LogP contribution in [-0.2, 0) is 4.79 Å². The lowest BCUT2D eigenvalue weighted by Crippen LogP contribution is -2.63. The van der Waals surface area contributed by atoms with E-state index in [9.17, 15) is 4.79 Å². The minimum absolute atomic E-state index is 0.0667. The zero-order valence-electron chi connectivity index (χ0n) is 16.0. The molecular weight excluding hydrogens is 314 g/mol. The smallest absolute Gasteiger partial charge is 0.240 e. The fourth-order valence-corrected chi connectivity index (χ4v) is 4.18. The largest absolute Gasteiger partial charge is 0.497 e. The van der Waals surface area contributed by atoms with Crippen LogP contribution in [0.2, 0.25) is 0 Å². The van der Waals surface area contributed by atoms with Gasteiger partial charge in [0.25, 0.3) is 0 Å². The first kappa shape index (κ1) is 18.1. The van der Waals surface area contributed by atoms with Crippen LogP contribution in [-0.4, -0.2) is 67.6 Å². The van der Waals surface area contributed by atoms with E-state index in [-0.39, 0.29) is 11.6 Å². The molecule has 1 aromatic carbocycles. The Bertz CT molecular complexity index is 599. The quantitative estimate of drug-likeness (QED) is 0.844. The van der Waals surface area contributed by atoms with Gasteiger partial charge in [0.15, 0.2) is 0 Å². The minimum Gasteiger partial charge on any atom is -0.497 e. The van der Waals surface area contributed by atoms with Crippen molar-refractivity contribution in [1.82, 2.24) is 9.80 Å². The summed E-state index contributed by atoms with van der Waals surface area (Å²) in [6.07, 6.45) is 3.36. The molecule has 2 aliphatic heterocycles. The molecule has 1 atom stereocenters. The van der Waals surface area contributed by atoms with E-state index in [0.717, 1.165) is 44.8 Å². The third-order valence-corrected chi connectivity index (χ3v) is 5.65. The van der Waals surface area contributed by atoms with Crippen LogP contribution in [0.15, 0.2) is 24.3 Å². The lowest BCUT2D eigenvalue weighted by atomic mass is 9.95. The molecular formula is C20H31N3O2. The minimum atomic E-state index is -0.0876. The van der Waals surface area contributed by atoms with Gasteiger partial charge >= 0.3 is 0 Å². The molecule has 5 heteroatoms. The first-order valence-corrected chi connectivity index (χ1v) is 9.33. The van der Waals surface area contributed by atoms with Crippen LogP contribution >= 0.6 is 0 Å². The number of methoxy groups -OCH3 is 1. The number of rotatable bonds is 3. The van der Waals surface area contributed by atoms with Gasteiger partial charge in [0, 0.05) is 25.3 Å². The molecule has 138 valence electrons. The van der Waals surface area contributed by atoms with Crippen LogP contribution in [0, 0.1) is 0 Å². The molecule has 0 spiro atoms. The van der Waals surface area contributed by atoms with Crippen LogP contribution in [0.25, 0.3) is 0 Å². The fourth-order valence-electron chi connectivity index (χ4n) is 4.18. The number of nitrogens with zero attached hydrogens (tertiary/aromatic N) is 3. The van der Waals surface area contributed by atoms with Crippen LogP contribution < -0.4 is 9.64 Å². The van der Waals surface area contributed by atoms with Crippen LogP contribution in [0.1, 0.15) is 33.1 Å². The summed E-state index contributed by atoms with van der Waals surface area (Å²) in [5, 5.41) is 0. The molecule has 25 heavy (non-hydrogen) atoms. The Morgan fingerprint density at radius 1 is 1.12 bits per heavy atom. The highest BCUT2D eigenvalue weighted by Gasteiger charge is 2.38. The summed E-state index contributed by atoms with van der Waals surface area (Å²) in [4.78, 5) is 19.7. The van der Waals surface area contributed by atoms with Crippen LogP contribution in [0.3, 0.4) is 0 Å². The predicted octanol–water partition coefficient (Wildman–Crippen LogP) is 2.61. The zero-order chi connectivity index (χ0) is 18.0. The van der Waals surface area contributed by atoms with Crippen molar-refractivity contribution in [1.29, 1.82) is 0 Å². The number of piperazine rings is 1. The molecule has 5 nitrogen and oxygen atoms in total. The van der Waals surface area contributed by atoms with Gasteiger partial charge in [-0.05, 0) is 64.5 Å². The molecule has 3 rings (SSSR count). The maximum atomic E-state index is 13.0. The molecule has 0 aromatic heterocycles. The summed E-state index contributed by atoms with van der Waals surface area (Å²) in [6.45, 7) is 7.90. The lowest BCUT2D eigenvalue weighted by Gasteiger charge is -2.49. The van der Waals surface area contributed by atoms with Gasteiger partial charge in [-0.15, -0.1) is 0 Å². The van der Waals surface area contributed by atoms with Crippen molar-refractivity contribution in [2.75, 3.05) is 45.2 Å². The first-order chi connectivity index (χ1) is 11.9. The van der Waals surface area contributed by atoms with Crippen molar-refractivity contribution >= 4 is 11.6 Å². The van der Waals surface area contributed by atoms with Crippen LogP contribution in [0.5, 0.6) is 5.75 Å². The number of anilines is 1. The highest BCUT2D eigenvalue weighted by Crippen LogP contribution is 2.30. The van der Waals surface area contributed by atoms with E-state index >= 15 is 0 Å². The van der Waals surface area contributed by atoms with E-state index in [1.54, 1.807) is 7.11 Å². The summed E-state index contributed by atoms with van der Waals surface area (Å²) in [7, 11) is 3.77. The average Bonchev–Trinajstić information content (AvgIpc) is 2.61. The normalized spacial score (nSPS) is 24.2. The molecule has 2 fully saturated rings. The van der Waals surface area contributed by atoms with E-state index in [1.807, 2.05) is 12.1 Å². The van der Waals surface area contributed by atoms with Gasteiger partial charge < -0.3 is 14.5 Å². The second kappa shape index (κ2) is 7.24. The number of amides is 1. The average molecular weight is 345 g/mol. The highest BCUT2D eigenvalue weighted by molar-refractivity contribution is 5.82. The van der Waals surface area contributed by atoms with Gasteiger partial charge in [-0.2, -0.15) is 0 Å². The molecule has 0 aliphatic carbocycles. The second-order valence-electron chi connectivity index (χ2n) is 7.91. The number of hydrogen-bond acceptors (Lipinski definition) is 4. The fraction of sp³-hybridized carbons (Fsp3) is 0.650. The Morgan fingerprint density at radius 2 is 1.84 bits per heavy atom. The molecule has 1 unspecified atom stereocenters. The van der Waals surface area contributed by atoms with Gasteiger partial charge in [0.05, 0.1) is 18.7 Å². The Morgan fingerprint density at radius 3 is 2.44 bits per heavy atom. The van der Waals surface area contributed by atoms with Gasteiger partial charge in [-0.3, -0.25) is 9.69 Å². The number of piperidine rings is 1. The van der Waals surface area contributed by atoms with Gasteiger partial charge in [0.2, 0.25) is 5.91 Å². The number of likely N-dealkylation sites (tertiary alicyclic amines) is 1. The standard InChI is InChI=1S/C20H31N3O2/c1-20(2)15-22(19(24)18-7-5-6-12-21(18)3)13-14-23(20)16-8-10-17(25-4)11-9-16/h8-11,18H,5-7,12-15H2,1-4H3. The van der Waals surface area contributed by atoms with Crippen molar-refractivity contribution < 1.29 is 9.53 Å². The molecule has 0 saturated carbocycles. The Hall–Kier alpha value is -1.75. The number of likely N-dealkylation sites (N-methyl/N-ethyl adjacent to an activating group) is 1. The summed E-state index contributed by atoms with van der Waals surface area (Å²) < 4.78 is 5.26. The van der Waals surface area contributed by atoms with Crippen molar-refractivity contribution in [2.24, 2.45) is 0 Å². The van der Waals surface area contributed by atoms with E-state index in [4.69, 9.17) is 4.74 Å². The molecule has 1 aromatic rings. The molecule has 1 amide bonds. The summed E-state index contributed by atoms with van der Waals surface area (Å²) in [5.41, 5.74) is 1.10. The Balaban J connectivity index is 1.70. The van der Waals surface area contributed by atoms with E-state index in [2.05, 4.69) is 47.7 Å². The third-order valence-electron chi connectivity index (χ3n) is 5.65. The number of carbonyl (C=O) groups is 1. The monoisotopic (exact) mass is 345 g/mol. The number of benzene rings is 1. The molecule has 0 radical (unpaired) electrons. The Kier molecular flexibility index (Phi) is 5.23. The second-order valence-corrected chi connectivity index (χ2v) is 7.91.